The molecule has 1 atom stereocenters. The van der Waals surface area contributed by atoms with E-state index in [1.807, 2.05) is 12.1 Å². The number of hydrogen-bond donors (Lipinski definition) is 2. The highest BCUT2D eigenvalue weighted by Crippen LogP contribution is 2.38. The lowest BCUT2D eigenvalue weighted by molar-refractivity contribution is 0.255. The first-order valence-electron chi connectivity index (χ1n) is 5.72. The van der Waals surface area contributed by atoms with Gasteiger partial charge in [0.1, 0.15) is 17.4 Å². The molecule has 4 nitrogen and oxygen atoms in total. The van der Waals surface area contributed by atoms with E-state index in [9.17, 15) is 10.4 Å². The van der Waals surface area contributed by atoms with E-state index >= 15 is 0 Å². The first-order chi connectivity index (χ1) is 9.08. The zero-order chi connectivity index (χ0) is 14.0. The molecule has 1 aromatic rings. The molecule has 0 spiro atoms. The highest BCUT2D eigenvalue weighted by molar-refractivity contribution is 6.30. The lowest BCUT2D eigenvalue weighted by Gasteiger charge is -2.27. The normalized spacial score (nSPS) is 19.2. The third-order valence-electron chi connectivity index (χ3n) is 3.11. The van der Waals surface area contributed by atoms with E-state index in [1.165, 1.54) is 0 Å². The minimum atomic E-state index is -0.388. The minimum Gasteiger partial charge on any atom is -0.445 e. The van der Waals surface area contributed by atoms with Crippen LogP contribution in [0.3, 0.4) is 0 Å². The molecule has 1 aliphatic heterocycles. The number of benzene rings is 1. The molecule has 3 N–H and O–H groups in total. The number of aliphatic hydroxyl groups is 1. The summed E-state index contributed by atoms with van der Waals surface area (Å²) in [6.45, 7) is 1.52. The number of ether oxygens (including phenoxy) is 1. The second-order valence-corrected chi connectivity index (χ2v) is 4.65. The van der Waals surface area contributed by atoms with Gasteiger partial charge in [-0.05, 0) is 24.6 Å². The van der Waals surface area contributed by atoms with E-state index < -0.39 is 0 Å². The summed E-state index contributed by atoms with van der Waals surface area (Å²) < 4.78 is 5.30. The molecule has 1 aromatic carbocycles. The standard InChI is InChI=1S/C14H13ClN2O2/c1-8-12(7-18)13(11(6-16)14(17)19-8)9-2-4-10(15)5-3-9/h2-5,13,18H,7,17H2,1H3/t13-/m1/s1. The van der Waals surface area contributed by atoms with Crippen molar-refractivity contribution < 1.29 is 9.84 Å². The average molecular weight is 277 g/mol. The van der Waals surface area contributed by atoms with E-state index in [2.05, 4.69) is 6.07 Å². The lowest BCUT2D eigenvalue weighted by Crippen LogP contribution is -2.21. The number of halogens is 1. The molecule has 0 aliphatic carbocycles. The molecular formula is C14H13ClN2O2. The van der Waals surface area contributed by atoms with Crippen LogP contribution in [0.2, 0.25) is 5.02 Å². The van der Waals surface area contributed by atoms with Crippen molar-refractivity contribution >= 4 is 11.6 Å². The molecule has 98 valence electrons. The van der Waals surface area contributed by atoms with Gasteiger partial charge in [0.05, 0.1) is 12.5 Å². The molecule has 1 aliphatic rings. The van der Waals surface area contributed by atoms with Gasteiger partial charge in [-0.25, -0.2) is 0 Å². The topological polar surface area (TPSA) is 79.3 Å². The molecule has 0 bridgehead atoms. The minimum absolute atomic E-state index is 0.0807. The number of allylic oxidation sites excluding steroid dienone is 2. The van der Waals surface area contributed by atoms with Crippen molar-refractivity contribution in [3.8, 4) is 6.07 Å². The Hall–Kier alpha value is -1.96. The van der Waals surface area contributed by atoms with Crippen LogP contribution in [0.5, 0.6) is 0 Å². The number of nitrogens with zero attached hydrogens (tertiary/aromatic N) is 1. The molecule has 0 radical (unpaired) electrons. The van der Waals surface area contributed by atoms with Crippen molar-refractivity contribution in [1.29, 1.82) is 5.26 Å². The van der Waals surface area contributed by atoms with E-state index in [0.29, 0.717) is 21.9 Å². The molecule has 2 rings (SSSR count). The number of nitriles is 1. The Bertz CT molecular complexity index is 597. The third-order valence-corrected chi connectivity index (χ3v) is 3.36. The fourth-order valence-electron chi connectivity index (χ4n) is 2.15. The van der Waals surface area contributed by atoms with Gasteiger partial charge < -0.3 is 15.6 Å². The molecule has 19 heavy (non-hydrogen) atoms. The van der Waals surface area contributed by atoms with Crippen molar-refractivity contribution in [3.63, 3.8) is 0 Å². The fourth-order valence-corrected chi connectivity index (χ4v) is 2.28. The number of aliphatic hydroxyl groups excluding tert-OH is 1. The zero-order valence-corrected chi connectivity index (χ0v) is 11.1. The van der Waals surface area contributed by atoms with Gasteiger partial charge >= 0.3 is 0 Å². The number of rotatable bonds is 2. The maximum atomic E-state index is 9.51. The van der Waals surface area contributed by atoms with Gasteiger partial charge in [0, 0.05) is 10.6 Å². The highest BCUT2D eigenvalue weighted by Gasteiger charge is 2.30. The van der Waals surface area contributed by atoms with Crippen molar-refractivity contribution in [2.45, 2.75) is 12.8 Å². The summed E-state index contributed by atoms with van der Waals surface area (Å²) in [6, 6.07) is 9.15. The first kappa shape index (κ1) is 13.5. The smallest absolute Gasteiger partial charge is 0.205 e. The van der Waals surface area contributed by atoms with E-state index in [1.54, 1.807) is 19.1 Å². The summed E-state index contributed by atoms with van der Waals surface area (Å²) in [6.07, 6.45) is 0. The van der Waals surface area contributed by atoms with Crippen LogP contribution in [0.1, 0.15) is 18.4 Å². The average Bonchev–Trinajstić information content (AvgIpc) is 2.39. The van der Waals surface area contributed by atoms with Gasteiger partial charge in [-0.1, -0.05) is 23.7 Å². The second kappa shape index (κ2) is 5.35. The Kier molecular flexibility index (Phi) is 3.79. The zero-order valence-electron chi connectivity index (χ0n) is 10.4. The number of hydrogen-bond acceptors (Lipinski definition) is 4. The Morgan fingerprint density at radius 2 is 2.05 bits per heavy atom. The maximum Gasteiger partial charge on any atom is 0.205 e. The van der Waals surface area contributed by atoms with Gasteiger partial charge in [0.25, 0.3) is 0 Å². The van der Waals surface area contributed by atoms with E-state index in [4.69, 9.17) is 22.1 Å². The SMILES string of the molecule is CC1=C(CO)[C@H](c2ccc(Cl)cc2)C(C#N)=C(N)O1. The first-order valence-corrected chi connectivity index (χ1v) is 6.09. The van der Waals surface area contributed by atoms with Crippen LogP contribution in [-0.2, 0) is 4.74 Å². The van der Waals surface area contributed by atoms with Crippen LogP contribution in [-0.4, -0.2) is 11.7 Å². The summed E-state index contributed by atoms with van der Waals surface area (Å²) in [5, 5.41) is 19.4. The molecule has 0 saturated heterocycles. The molecule has 0 aromatic heterocycles. The van der Waals surface area contributed by atoms with Crippen LogP contribution in [0.4, 0.5) is 0 Å². The molecule has 0 saturated carbocycles. The summed E-state index contributed by atoms with van der Waals surface area (Å²) in [5.74, 6) is 0.220. The van der Waals surface area contributed by atoms with Crippen molar-refractivity contribution in [1.82, 2.24) is 0 Å². The fraction of sp³-hybridized carbons (Fsp3) is 0.214. The summed E-state index contributed by atoms with van der Waals surface area (Å²) >= 11 is 5.86. The number of nitrogens with two attached hydrogens (primary N) is 1. The molecule has 0 fully saturated rings. The van der Waals surface area contributed by atoms with Crippen LogP contribution < -0.4 is 5.73 Å². The maximum absolute atomic E-state index is 9.51. The van der Waals surface area contributed by atoms with Gasteiger partial charge in [-0.3, -0.25) is 0 Å². The largest absolute Gasteiger partial charge is 0.445 e. The van der Waals surface area contributed by atoms with Gasteiger partial charge in [0.15, 0.2) is 0 Å². The van der Waals surface area contributed by atoms with Gasteiger partial charge in [-0.15, -0.1) is 0 Å². The predicted octanol–water partition coefficient (Wildman–Crippen LogP) is 2.41. The van der Waals surface area contributed by atoms with Crippen molar-refractivity contribution in [2.75, 3.05) is 6.61 Å². The van der Waals surface area contributed by atoms with Gasteiger partial charge in [-0.2, -0.15) is 5.26 Å². The lowest BCUT2D eigenvalue weighted by atomic mass is 9.83. The van der Waals surface area contributed by atoms with E-state index in [-0.39, 0.29) is 18.4 Å². The van der Waals surface area contributed by atoms with Crippen LogP contribution in [0, 0.1) is 11.3 Å². The quantitative estimate of drug-likeness (QED) is 0.869. The molecule has 0 amide bonds. The predicted molar refractivity (Wildman–Crippen MR) is 71.9 cm³/mol. The molecular weight excluding hydrogens is 264 g/mol. The Labute approximate surface area is 116 Å². The van der Waals surface area contributed by atoms with Crippen LogP contribution in [0.25, 0.3) is 0 Å². The third kappa shape index (κ3) is 2.43. The highest BCUT2D eigenvalue weighted by atomic mass is 35.5. The summed E-state index contributed by atoms with van der Waals surface area (Å²) in [4.78, 5) is 0. The molecule has 0 unspecified atom stereocenters. The monoisotopic (exact) mass is 276 g/mol. The Morgan fingerprint density at radius 1 is 1.42 bits per heavy atom. The molecule has 5 heteroatoms. The van der Waals surface area contributed by atoms with Crippen molar-refractivity contribution in [3.05, 3.63) is 57.6 Å². The summed E-state index contributed by atoms with van der Waals surface area (Å²) in [7, 11) is 0. The molecule has 1 heterocycles. The van der Waals surface area contributed by atoms with E-state index in [0.717, 1.165) is 5.56 Å². The van der Waals surface area contributed by atoms with Gasteiger partial charge in [0.2, 0.25) is 5.88 Å². The van der Waals surface area contributed by atoms with Crippen molar-refractivity contribution in [2.24, 2.45) is 5.73 Å². The summed E-state index contributed by atoms with van der Waals surface area (Å²) in [5.41, 5.74) is 7.53. The Balaban J connectivity index is 2.57. The van der Waals surface area contributed by atoms with Crippen LogP contribution >= 0.6 is 11.6 Å². The van der Waals surface area contributed by atoms with Crippen LogP contribution in [0.15, 0.2) is 47.1 Å². The Morgan fingerprint density at radius 3 is 2.58 bits per heavy atom. The second-order valence-electron chi connectivity index (χ2n) is 4.22.